The van der Waals surface area contributed by atoms with E-state index in [2.05, 4.69) is 4.51 Å². The summed E-state index contributed by atoms with van der Waals surface area (Å²) in [6.45, 7) is 1.79. The molecule has 3 heteroatoms. The van der Waals surface area contributed by atoms with Crippen LogP contribution in [0.4, 0.5) is 0 Å². The van der Waals surface area contributed by atoms with Gasteiger partial charge in [0.25, 0.3) is 0 Å². The molecule has 1 aliphatic carbocycles. The lowest BCUT2D eigenvalue weighted by molar-refractivity contribution is -0.110. The topological polar surface area (TPSA) is 29.4 Å². The lowest BCUT2D eigenvalue weighted by Gasteiger charge is -2.01. The van der Waals surface area contributed by atoms with Crippen molar-refractivity contribution in [3.05, 3.63) is 23.8 Å². The van der Waals surface area contributed by atoms with Crippen molar-refractivity contribution in [2.24, 2.45) is 4.51 Å². The second-order valence-corrected chi connectivity index (χ2v) is 2.20. The van der Waals surface area contributed by atoms with Gasteiger partial charge in [0.2, 0.25) is 0 Å². The van der Waals surface area contributed by atoms with Crippen molar-refractivity contribution in [1.82, 2.24) is 0 Å². The van der Waals surface area contributed by atoms with E-state index in [4.69, 9.17) is 11.8 Å². The summed E-state index contributed by atoms with van der Waals surface area (Å²) in [7, 11) is 0. The summed E-state index contributed by atoms with van der Waals surface area (Å²) >= 11 is 5.21. The summed E-state index contributed by atoms with van der Waals surface area (Å²) < 4.78 is 3.44. The Morgan fingerprint density at radius 3 is 2.70 bits per heavy atom. The fourth-order valence-corrected chi connectivity index (χ4v) is 0.912. The first-order valence-corrected chi connectivity index (χ1v) is 3.17. The lowest BCUT2D eigenvalue weighted by Crippen LogP contribution is -2.03. The maximum atomic E-state index is 10.7. The van der Waals surface area contributed by atoms with Crippen LogP contribution in [-0.2, 0) is 4.79 Å². The van der Waals surface area contributed by atoms with Gasteiger partial charge in [-0.3, -0.25) is 4.79 Å². The number of rotatable bonds is 0. The number of ketones is 1. The molecule has 0 saturated heterocycles. The minimum atomic E-state index is -0.0124. The quantitative estimate of drug-likeness (QED) is 0.490. The van der Waals surface area contributed by atoms with Crippen molar-refractivity contribution in [1.29, 1.82) is 0 Å². The number of hydrogen-bond donors (Lipinski definition) is 0. The molecular weight excluding hydrogens is 150 g/mol. The Labute approximate surface area is 64.0 Å². The van der Waals surface area contributed by atoms with Crippen LogP contribution < -0.4 is 0 Å². The summed E-state index contributed by atoms with van der Waals surface area (Å²) in [5.74, 6) is -0.0124. The highest BCUT2D eigenvalue weighted by Crippen LogP contribution is 2.06. The van der Waals surface area contributed by atoms with Gasteiger partial charge in [-0.25, -0.2) is 0 Å². The molecule has 52 valence electrons. The first kappa shape index (κ1) is 7.22. The van der Waals surface area contributed by atoms with Crippen LogP contribution in [0.2, 0.25) is 0 Å². The molecule has 0 N–H and O–H groups in total. The standard InChI is InChI=1S/C7H6ClNO/c1-5-4-6(10)2-3-7(5)9-8/h2-4H,1H3. The zero-order valence-electron chi connectivity index (χ0n) is 5.47. The fourth-order valence-electron chi connectivity index (χ4n) is 0.723. The zero-order chi connectivity index (χ0) is 7.56. The van der Waals surface area contributed by atoms with Crippen molar-refractivity contribution in [2.75, 3.05) is 0 Å². The van der Waals surface area contributed by atoms with Gasteiger partial charge >= 0.3 is 0 Å². The predicted molar refractivity (Wildman–Crippen MR) is 41.2 cm³/mol. The molecule has 2 nitrogen and oxygen atoms in total. The Morgan fingerprint density at radius 2 is 2.20 bits per heavy atom. The molecule has 0 aromatic rings. The fraction of sp³-hybridized carbons (Fsp3) is 0.143. The largest absolute Gasteiger partial charge is 0.290 e. The van der Waals surface area contributed by atoms with Crippen LogP contribution in [0.15, 0.2) is 28.3 Å². The van der Waals surface area contributed by atoms with E-state index < -0.39 is 0 Å². The number of nitrogens with zero attached hydrogens (tertiary/aromatic N) is 1. The maximum Gasteiger partial charge on any atom is 0.179 e. The average molecular weight is 156 g/mol. The molecule has 0 aromatic heterocycles. The average Bonchev–Trinajstić information content (AvgIpc) is 1.88. The first-order chi connectivity index (χ1) is 4.74. The van der Waals surface area contributed by atoms with Gasteiger partial charge in [-0.15, -0.1) is 0 Å². The Kier molecular flexibility index (Phi) is 2.02. The SMILES string of the molecule is CC1=CC(=O)C=CC1=NCl. The van der Waals surface area contributed by atoms with Gasteiger partial charge in [0, 0.05) is 11.8 Å². The molecule has 0 aromatic carbocycles. The highest BCUT2D eigenvalue weighted by atomic mass is 35.5. The first-order valence-electron chi connectivity index (χ1n) is 2.83. The predicted octanol–water partition coefficient (Wildman–Crippen LogP) is 1.67. The van der Waals surface area contributed by atoms with Crippen molar-refractivity contribution < 1.29 is 4.79 Å². The van der Waals surface area contributed by atoms with Crippen LogP contribution in [0.25, 0.3) is 0 Å². The highest BCUT2D eigenvalue weighted by Gasteiger charge is 2.05. The second kappa shape index (κ2) is 2.80. The molecule has 0 radical (unpaired) electrons. The summed E-state index contributed by atoms with van der Waals surface area (Å²) in [6, 6.07) is 0. The number of allylic oxidation sites excluding steroid dienone is 4. The van der Waals surface area contributed by atoms with Gasteiger partial charge < -0.3 is 0 Å². The third kappa shape index (κ3) is 1.33. The van der Waals surface area contributed by atoms with Gasteiger partial charge in [-0.1, -0.05) is 0 Å². The second-order valence-electron chi connectivity index (χ2n) is 2.03. The molecule has 1 aliphatic rings. The summed E-state index contributed by atoms with van der Waals surface area (Å²) in [4.78, 5) is 10.7. The maximum absolute atomic E-state index is 10.7. The Balaban J connectivity index is 2.97. The van der Waals surface area contributed by atoms with Crippen molar-refractivity contribution in [2.45, 2.75) is 6.92 Å². The van der Waals surface area contributed by atoms with E-state index in [1.54, 1.807) is 13.0 Å². The normalized spacial score (nSPS) is 21.6. The van der Waals surface area contributed by atoms with Gasteiger partial charge in [0.1, 0.15) is 0 Å². The van der Waals surface area contributed by atoms with Crippen molar-refractivity contribution in [3.63, 3.8) is 0 Å². The van der Waals surface area contributed by atoms with E-state index in [9.17, 15) is 4.79 Å². The Morgan fingerprint density at radius 1 is 1.50 bits per heavy atom. The van der Waals surface area contributed by atoms with Crippen LogP contribution in [0.5, 0.6) is 0 Å². The van der Waals surface area contributed by atoms with E-state index in [1.807, 2.05) is 0 Å². The minimum absolute atomic E-state index is 0.0124. The van der Waals surface area contributed by atoms with Gasteiger partial charge in [-0.2, -0.15) is 4.51 Å². The van der Waals surface area contributed by atoms with Crippen LogP contribution in [-0.4, -0.2) is 11.5 Å². The lowest BCUT2D eigenvalue weighted by atomic mass is 10.1. The number of carbonyl (C=O) groups excluding carboxylic acids is 1. The monoisotopic (exact) mass is 155 g/mol. The van der Waals surface area contributed by atoms with E-state index in [0.717, 1.165) is 5.57 Å². The third-order valence-electron chi connectivity index (χ3n) is 1.26. The molecule has 0 unspecified atom stereocenters. The highest BCUT2D eigenvalue weighted by molar-refractivity contribution is 6.28. The Bertz CT molecular complexity index is 250. The molecule has 10 heavy (non-hydrogen) atoms. The Hall–Kier alpha value is -0.890. The van der Waals surface area contributed by atoms with Crippen molar-refractivity contribution in [3.8, 4) is 0 Å². The minimum Gasteiger partial charge on any atom is -0.290 e. The molecule has 0 spiro atoms. The summed E-state index contributed by atoms with van der Waals surface area (Å²) in [5.41, 5.74) is 1.46. The van der Waals surface area contributed by atoms with E-state index in [1.165, 1.54) is 12.2 Å². The molecule has 0 fully saturated rings. The molecule has 0 aliphatic heterocycles. The molecular formula is C7H6ClNO. The van der Waals surface area contributed by atoms with Crippen LogP contribution >= 0.6 is 11.8 Å². The number of carbonyl (C=O) groups is 1. The van der Waals surface area contributed by atoms with E-state index in [0.29, 0.717) is 5.71 Å². The van der Waals surface area contributed by atoms with Crippen LogP contribution in [0, 0.1) is 0 Å². The molecule has 0 bridgehead atoms. The van der Waals surface area contributed by atoms with Crippen LogP contribution in [0.3, 0.4) is 0 Å². The van der Waals surface area contributed by atoms with Gasteiger partial charge in [-0.05, 0) is 30.7 Å². The van der Waals surface area contributed by atoms with Gasteiger partial charge in [0.05, 0.1) is 5.71 Å². The molecule has 0 heterocycles. The third-order valence-corrected chi connectivity index (χ3v) is 1.44. The van der Waals surface area contributed by atoms with E-state index >= 15 is 0 Å². The molecule has 0 saturated carbocycles. The van der Waals surface area contributed by atoms with Crippen LogP contribution in [0.1, 0.15) is 6.92 Å². The molecule has 1 rings (SSSR count). The smallest absolute Gasteiger partial charge is 0.179 e. The zero-order valence-corrected chi connectivity index (χ0v) is 6.22. The van der Waals surface area contributed by atoms with Crippen molar-refractivity contribution >= 4 is 23.3 Å². The number of hydrogen-bond acceptors (Lipinski definition) is 2. The summed E-state index contributed by atoms with van der Waals surface area (Å²) in [5, 5.41) is 0. The molecule has 0 atom stereocenters. The number of halogens is 1. The summed E-state index contributed by atoms with van der Waals surface area (Å²) in [6.07, 6.45) is 4.54. The molecule has 0 amide bonds. The van der Waals surface area contributed by atoms with Gasteiger partial charge in [0.15, 0.2) is 5.78 Å². The van der Waals surface area contributed by atoms with E-state index in [-0.39, 0.29) is 5.78 Å².